The maximum absolute atomic E-state index is 12.7. The van der Waals surface area contributed by atoms with Crippen molar-refractivity contribution in [2.45, 2.75) is 32.4 Å². The second-order valence-corrected chi connectivity index (χ2v) is 8.48. The molecule has 2 atom stereocenters. The zero-order valence-electron chi connectivity index (χ0n) is 18.0. The van der Waals surface area contributed by atoms with Gasteiger partial charge in [0.25, 0.3) is 0 Å². The minimum absolute atomic E-state index is 0.130. The summed E-state index contributed by atoms with van der Waals surface area (Å²) in [5.41, 5.74) is 3.78. The molecule has 1 aliphatic heterocycles. The molecular formula is C23H27N3O5S. The number of ether oxygens (including phenoxy) is 1. The van der Waals surface area contributed by atoms with Crippen LogP contribution in [-0.2, 0) is 20.7 Å². The van der Waals surface area contributed by atoms with Gasteiger partial charge in [-0.25, -0.2) is 9.59 Å². The number of nitrogens with zero attached hydrogens (tertiary/aromatic N) is 1. The Hall–Kier alpha value is -3.20. The number of aliphatic carboxylic acids is 1. The third-order valence-corrected chi connectivity index (χ3v) is 6.05. The molecule has 1 fully saturated rings. The Kier molecular flexibility index (Phi) is 7.99. The lowest BCUT2D eigenvalue weighted by Crippen LogP contribution is -2.52. The predicted octanol–water partition coefficient (Wildman–Crippen LogP) is 3.38. The first-order valence-corrected chi connectivity index (χ1v) is 11.5. The third-order valence-electron chi connectivity index (χ3n) is 5.04. The summed E-state index contributed by atoms with van der Waals surface area (Å²) >= 11 is 1.43. The number of aryl methyl sites for hydroxylation is 1. The van der Waals surface area contributed by atoms with Crippen molar-refractivity contribution in [3.8, 4) is 0 Å². The van der Waals surface area contributed by atoms with Crippen LogP contribution in [0.3, 0.4) is 0 Å². The molecule has 2 aromatic carbocycles. The summed E-state index contributed by atoms with van der Waals surface area (Å²) in [5, 5.41) is 15.5. The van der Waals surface area contributed by atoms with Gasteiger partial charge in [-0.2, -0.15) is 0 Å². The van der Waals surface area contributed by atoms with E-state index in [-0.39, 0.29) is 13.0 Å². The average Bonchev–Trinajstić information content (AvgIpc) is 3.26. The lowest BCUT2D eigenvalue weighted by atomic mass is 10.0. The van der Waals surface area contributed by atoms with Crippen LogP contribution in [0.15, 0.2) is 48.5 Å². The zero-order valence-corrected chi connectivity index (χ0v) is 18.9. The van der Waals surface area contributed by atoms with Crippen LogP contribution in [0.4, 0.5) is 16.2 Å². The van der Waals surface area contributed by atoms with Crippen LogP contribution in [-0.4, -0.2) is 58.3 Å². The molecule has 1 aliphatic rings. The van der Waals surface area contributed by atoms with E-state index in [0.717, 1.165) is 16.9 Å². The third kappa shape index (κ3) is 6.16. The number of thioether (sulfide) groups is 1. The quantitative estimate of drug-likeness (QED) is 0.558. The van der Waals surface area contributed by atoms with Crippen molar-refractivity contribution in [1.29, 1.82) is 0 Å². The Labute approximate surface area is 191 Å². The van der Waals surface area contributed by atoms with Gasteiger partial charge in [0.1, 0.15) is 12.1 Å². The van der Waals surface area contributed by atoms with Crippen molar-refractivity contribution in [3.63, 3.8) is 0 Å². The molecule has 8 nitrogen and oxygen atoms in total. The summed E-state index contributed by atoms with van der Waals surface area (Å²) in [4.78, 5) is 37.8. The second-order valence-electron chi connectivity index (χ2n) is 7.48. The van der Waals surface area contributed by atoms with Crippen LogP contribution in [0.25, 0.3) is 0 Å². The highest BCUT2D eigenvalue weighted by atomic mass is 32.2. The highest BCUT2D eigenvalue weighted by Gasteiger charge is 2.37. The number of carbonyl (C=O) groups excluding carboxylic acids is 2. The number of carboxylic acid groups (broad SMARTS) is 1. The minimum atomic E-state index is -1.13. The fourth-order valence-corrected chi connectivity index (χ4v) is 4.42. The molecule has 1 saturated heterocycles. The van der Waals surface area contributed by atoms with Crippen molar-refractivity contribution >= 4 is 41.1 Å². The van der Waals surface area contributed by atoms with Gasteiger partial charge in [0.2, 0.25) is 5.91 Å². The van der Waals surface area contributed by atoms with E-state index in [1.165, 1.54) is 22.2 Å². The maximum atomic E-state index is 12.7. The molecule has 0 spiro atoms. The van der Waals surface area contributed by atoms with E-state index in [1.807, 2.05) is 55.5 Å². The predicted molar refractivity (Wildman–Crippen MR) is 124 cm³/mol. The van der Waals surface area contributed by atoms with Crippen LogP contribution in [0, 0.1) is 6.92 Å². The van der Waals surface area contributed by atoms with Gasteiger partial charge in [0.15, 0.2) is 0 Å². The monoisotopic (exact) mass is 457 g/mol. The number of hydrogen-bond donors (Lipinski definition) is 3. The van der Waals surface area contributed by atoms with E-state index in [0.29, 0.717) is 11.6 Å². The topological polar surface area (TPSA) is 108 Å². The number of nitrogens with one attached hydrogen (secondary N) is 2. The zero-order chi connectivity index (χ0) is 23.1. The van der Waals surface area contributed by atoms with Gasteiger partial charge in [-0.15, -0.1) is 11.8 Å². The van der Waals surface area contributed by atoms with Crippen LogP contribution >= 0.6 is 11.8 Å². The van der Waals surface area contributed by atoms with E-state index in [9.17, 15) is 19.5 Å². The van der Waals surface area contributed by atoms with Gasteiger partial charge in [0.05, 0.1) is 12.5 Å². The van der Waals surface area contributed by atoms with E-state index in [2.05, 4.69) is 10.6 Å². The SMILES string of the molecule is CCOC(=O)N1CSC[C@@H]1C(=O)N[C@@H](Cc1ccc(Nc2ccc(C)cc2)cc1)C(=O)O. The first kappa shape index (κ1) is 23.5. The molecule has 3 N–H and O–H groups in total. The number of amides is 2. The summed E-state index contributed by atoms with van der Waals surface area (Å²) in [5.74, 6) is -0.887. The number of benzene rings is 2. The fraction of sp³-hybridized carbons (Fsp3) is 0.348. The normalized spacial score (nSPS) is 16.3. The van der Waals surface area contributed by atoms with Crippen LogP contribution in [0.2, 0.25) is 0 Å². The first-order chi connectivity index (χ1) is 15.4. The molecule has 0 bridgehead atoms. The molecule has 170 valence electrons. The Balaban J connectivity index is 1.61. The van der Waals surface area contributed by atoms with Crippen molar-refractivity contribution in [2.24, 2.45) is 0 Å². The Morgan fingerprint density at radius 3 is 2.34 bits per heavy atom. The number of carbonyl (C=O) groups is 3. The Morgan fingerprint density at radius 1 is 1.12 bits per heavy atom. The van der Waals surface area contributed by atoms with E-state index in [1.54, 1.807) is 6.92 Å². The number of carboxylic acids is 1. The molecule has 3 rings (SSSR count). The number of anilines is 2. The summed E-state index contributed by atoms with van der Waals surface area (Å²) in [6.07, 6.45) is -0.438. The van der Waals surface area contributed by atoms with Crippen LogP contribution in [0.1, 0.15) is 18.1 Å². The lowest BCUT2D eigenvalue weighted by molar-refractivity contribution is -0.142. The van der Waals surface area contributed by atoms with Crippen LogP contribution < -0.4 is 10.6 Å². The Morgan fingerprint density at radius 2 is 1.75 bits per heavy atom. The van der Waals surface area contributed by atoms with Gasteiger partial charge in [-0.1, -0.05) is 29.8 Å². The van der Waals surface area contributed by atoms with Gasteiger partial charge in [0, 0.05) is 23.5 Å². The smallest absolute Gasteiger partial charge is 0.411 e. The molecule has 9 heteroatoms. The van der Waals surface area contributed by atoms with E-state index in [4.69, 9.17) is 4.74 Å². The van der Waals surface area contributed by atoms with Crippen molar-refractivity contribution in [1.82, 2.24) is 10.2 Å². The lowest BCUT2D eigenvalue weighted by Gasteiger charge is -2.24. The standard InChI is InChI=1S/C23H27N3O5S/c1-3-31-23(30)26-14-32-13-20(26)21(27)25-19(22(28)29)12-16-6-10-18(11-7-16)24-17-8-4-15(2)5-9-17/h4-11,19-20,24H,3,12-14H2,1-2H3,(H,25,27)(H,28,29)/t19-,20+/m0/s1. The van der Waals surface area contributed by atoms with Crippen molar-refractivity contribution < 1.29 is 24.2 Å². The first-order valence-electron chi connectivity index (χ1n) is 10.3. The average molecular weight is 458 g/mol. The molecule has 0 saturated carbocycles. The largest absolute Gasteiger partial charge is 0.480 e. The number of hydrogen-bond acceptors (Lipinski definition) is 6. The van der Waals surface area contributed by atoms with Gasteiger partial charge >= 0.3 is 12.1 Å². The molecule has 2 aromatic rings. The molecule has 32 heavy (non-hydrogen) atoms. The molecule has 0 aromatic heterocycles. The van der Waals surface area contributed by atoms with Crippen LogP contribution in [0.5, 0.6) is 0 Å². The van der Waals surface area contributed by atoms with Crippen molar-refractivity contribution in [3.05, 3.63) is 59.7 Å². The molecule has 0 radical (unpaired) electrons. The fourth-order valence-electron chi connectivity index (χ4n) is 3.28. The van der Waals surface area contributed by atoms with E-state index >= 15 is 0 Å². The summed E-state index contributed by atoms with van der Waals surface area (Å²) in [6, 6.07) is 13.5. The summed E-state index contributed by atoms with van der Waals surface area (Å²) in [6.45, 7) is 3.93. The van der Waals surface area contributed by atoms with Gasteiger partial charge < -0.3 is 20.5 Å². The van der Waals surface area contributed by atoms with Crippen molar-refractivity contribution in [2.75, 3.05) is 23.6 Å². The molecule has 0 unspecified atom stereocenters. The molecule has 0 aliphatic carbocycles. The minimum Gasteiger partial charge on any atom is -0.480 e. The summed E-state index contributed by atoms with van der Waals surface area (Å²) < 4.78 is 4.99. The molecule has 1 heterocycles. The second kappa shape index (κ2) is 10.9. The summed E-state index contributed by atoms with van der Waals surface area (Å²) in [7, 11) is 0. The van der Waals surface area contributed by atoms with E-state index < -0.39 is 30.1 Å². The van der Waals surface area contributed by atoms with Gasteiger partial charge in [-0.3, -0.25) is 9.69 Å². The van der Waals surface area contributed by atoms with Gasteiger partial charge in [-0.05, 0) is 43.7 Å². The molecular weight excluding hydrogens is 430 g/mol. The highest BCUT2D eigenvalue weighted by molar-refractivity contribution is 7.99. The molecule has 2 amide bonds. The maximum Gasteiger partial charge on any atom is 0.411 e. The number of rotatable bonds is 8. The Bertz CT molecular complexity index is 949. The highest BCUT2D eigenvalue weighted by Crippen LogP contribution is 2.22.